The van der Waals surface area contributed by atoms with Crippen molar-refractivity contribution in [1.29, 1.82) is 0 Å². The molecule has 0 radical (unpaired) electrons. The minimum Gasteiger partial charge on any atom is -0.329 e. The van der Waals surface area contributed by atoms with Crippen molar-refractivity contribution >= 4 is 0 Å². The van der Waals surface area contributed by atoms with Gasteiger partial charge in [0.1, 0.15) is 0 Å². The van der Waals surface area contributed by atoms with Crippen LogP contribution in [0.1, 0.15) is 33.6 Å². The van der Waals surface area contributed by atoms with Crippen LogP contribution >= 0.6 is 0 Å². The fourth-order valence-corrected chi connectivity index (χ4v) is 2.12. The molecule has 3 heteroatoms. The molecule has 14 heavy (non-hydrogen) atoms. The van der Waals surface area contributed by atoms with E-state index in [1.165, 1.54) is 19.4 Å². The van der Waals surface area contributed by atoms with Crippen LogP contribution in [0.15, 0.2) is 0 Å². The Bertz CT molecular complexity index is 170. The highest BCUT2D eigenvalue weighted by Gasteiger charge is 2.36. The minimum absolute atomic E-state index is 0.195. The fraction of sp³-hybridized carbons (Fsp3) is 1.00. The first-order chi connectivity index (χ1) is 6.63. The Kier molecular flexibility index (Phi) is 4.35. The second-order valence-corrected chi connectivity index (χ2v) is 4.73. The summed E-state index contributed by atoms with van der Waals surface area (Å²) in [5.74, 6) is 0. The van der Waals surface area contributed by atoms with Gasteiger partial charge in [0.25, 0.3) is 0 Å². The molecule has 0 bridgehead atoms. The number of hydrogen-bond acceptors (Lipinski definition) is 3. The van der Waals surface area contributed by atoms with Crippen LogP contribution in [0.3, 0.4) is 0 Å². The summed E-state index contributed by atoms with van der Waals surface area (Å²) in [4.78, 5) is 2.51. The molecular formula is C11H25N3. The number of nitrogens with two attached hydrogens (primary N) is 1. The molecule has 0 aromatic rings. The molecule has 0 aromatic heterocycles. The van der Waals surface area contributed by atoms with Gasteiger partial charge in [-0.15, -0.1) is 0 Å². The first-order valence-electron chi connectivity index (χ1n) is 5.82. The summed E-state index contributed by atoms with van der Waals surface area (Å²) < 4.78 is 0. The van der Waals surface area contributed by atoms with Gasteiger partial charge in [0.05, 0.1) is 0 Å². The number of rotatable bonds is 5. The van der Waals surface area contributed by atoms with Crippen LogP contribution < -0.4 is 11.1 Å². The fourth-order valence-electron chi connectivity index (χ4n) is 2.12. The van der Waals surface area contributed by atoms with Crippen molar-refractivity contribution in [2.45, 2.75) is 45.2 Å². The predicted molar refractivity (Wildman–Crippen MR) is 61.4 cm³/mol. The van der Waals surface area contributed by atoms with Crippen LogP contribution in [0.2, 0.25) is 0 Å². The molecule has 84 valence electrons. The molecule has 0 saturated carbocycles. The van der Waals surface area contributed by atoms with Gasteiger partial charge in [-0.2, -0.15) is 0 Å². The molecule has 1 aliphatic heterocycles. The normalized spacial score (nSPS) is 28.9. The SMILES string of the molecule is CCCNC1(CN)CCN(C(C)C)C1. The van der Waals surface area contributed by atoms with E-state index >= 15 is 0 Å². The van der Waals surface area contributed by atoms with Gasteiger partial charge in [-0.3, -0.25) is 4.90 Å². The topological polar surface area (TPSA) is 41.3 Å². The van der Waals surface area contributed by atoms with Gasteiger partial charge in [-0.05, 0) is 33.2 Å². The van der Waals surface area contributed by atoms with E-state index in [2.05, 4.69) is 31.0 Å². The monoisotopic (exact) mass is 199 g/mol. The van der Waals surface area contributed by atoms with Gasteiger partial charge in [0, 0.05) is 31.2 Å². The number of hydrogen-bond donors (Lipinski definition) is 2. The lowest BCUT2D eigenvalue weighted by Gasteiger charge is -2.30. The van der Waals surface area contributed by atoms with E-state index in [0.717, 1.165) is 19.6 Å². The van der Waals surface area contributed by atoms with Crippen molar-refractivity contribution < 1.29 is 0 Å². The molecule has 1 unspecified atom stereocenters. The van der Waals surface area contributed by atoms with E-state index in [4.69, 9.17) is 5.73 Å². The number of nitrogens with one attached hydrogen (secondary N) is 1. The molecule has 0 amide bonds. The highest BCUT2D eigenvalue weighted by Crippen LogP contribution is 2.22. The maximum absolute atomic E-state index is 5.88. The average molecular weight is 199 g/mol. The standard InChI is InChI=1S/C11H25N3/c1-4-6-13-11(8-12)5-7-14(9-11)10(2)3/h10,13H,4-9,12H2,1-3H3. The number of likely N-dealkylation sites (tertiary alicyclic amines) is 1. The van der Waals surface area contributed by atoms with Crippen molar-refractivity contribution in [3.8, 4) is 0 Å². The van der Waals surface area contributed by atoms with E-state index in [1.54, 1.807) is 0 Å². The summed E-state index contributed by atoms with van der Waals surface area (Å²) in [6.07, 6.45) is 2.38. The quantitative estimate of drug-likeness (QED) is 0.688. The zero-order chi connectivity index (χ0) is 10.6. The molecule has 1 rings (SSSR count). The maximum Gasteiger partial charge on any atom is 0.0444 e. The first kappa shape index (κ1) is 12.0. The molecule has 3 nitrogen and oxygen atoms in total. The first-order valence-corrected chi connectivity index (χ1v) is 5.82. The van der Waals surface area contributed by atoms with Crippen molar-refractivity contribution in [2.75, 3.05) is 26.2 Å². The Morgan fingerprint density at radius 2 is 2.21 bits per heavy atom. The second kappa shape index (κ2) is 5.10. The average Bonchev–Trinajstić information content (AvgIpc) is 2.60. The molecule has 3 N–H and O–H groups in total. The summed E-state index contributed by atoms with van der Waals surface area (Å²) in [5, 5.41) is 3.61. The third-order valence-electron chi connectivity index (χ3n) is 3.25. The van der Waals surface area contributed by atoms with Crippen LogP contribution in [0, 0.1) is 0 Å². The van der Waals surface area contributed by atoms with Crippen LogP contribution in [0.4, 0.5) is 0 Å². The summed E-state index contributed by atoms with van der Waals surface area (Å²) in [6.45, 7) is 10.9. The molecule has 0 spiro atoms. The zero-order valence-electron chi connectivity index (χ0n) is 9.84. The van der Waals surface area contributed by atoms with E-state index in [9.17, 15) is 0 Å². The molecule has 0 aromatic carbocycles. The predicted octanol–water partition coefficient (Wildman–Crippen LogP) is 0.798. The lowest BCUT2D eigenvalue weighted by atomic mass is 9.99. The van der Waals surface area contributed by atoms with Crippen LogP contribution in [-0.4, -0.2) is 42.7 Å². The van der Waals surface area contributed by atoms with Crippen molar-refractivity contribution in [1.82, 2.24) is 10.2 Å². The summed E-state index contributed by atoms with van der Waals surface area (Å²) in [5.41, 5.74) is 6.08. The number of nitrogens with zero attached hydrogens (tertiary/aromatic N) is 1. The minimum atomic E-state index is 0.195. The van der Waals surface area contributed by atoms with Crippen molar-refractivity contribution in [3.63, 3.8) is 0 Å². The van der Waals surface area contributed by atoms with Gasteiger partial charge in [0.2, 0.25) is 0 Å². The smallest absolute Gasteiger partial charge is 0.0444 e. The molecule has 0 aliphatic carbocycles. The third-order valence-corrected chi connectivity index (χ3v) is 3.25. The summed E-state index contributed by atoms with van der Waals surface area (Å²) >= 11 is 0. The Labute approximate surface area is 88.0 Å². The Morgan fingerprint density at radius 1 is 1.50 bits per heavy atom. The molecule has 1 atom stereocenters. The van der Waals surface area contributed by atoms with Gasteiger partial charge in [-0.1, -0.05) is 6.92 Å². The van der Waals surface area contributed by atoms with Crippen LogP contribution in [0.5, 0.6) is 0 Å². The van der Waals surface area contributed by atoms with Gasteiger partial charge in [-0.25, -0.2) is 0 Å². The van der Waals surface area contributed by atoms with Gasteiger partial charge >= 0.3 is 0 Å². The van der Waals surface area contributed by atoms with Gasteiger partial charge in [0.15, 0.2) is 0 Å². The maximum atomic E-state index is 5.88. The van der Waals surface area contributed by atoms with E-state index < -0.39 is 0 Å². The van der Waals surface area contributed by atoms with E-state index in [-0.39, 0.29) is 5.54 Å². The Morgan fingerprint density at radius 3 is 2.64 bits per heavy atom. The molecule has 1 saturated heterocycles. The Hall–Kier alpha value is -0.120. The Balaban J connectivity index is 2.48. The van der Waals surface area contributed by atoms with Crippen LogP contribution in [-0.2, 0) is 0 Å². The molecule has 1 aliphatic rings. The van der Waals surface area contributed by atoms with Gasteiger partial charge < -0.3 is 11.1 Å². The molecular weight excluding hydrogens is 174 g/mol. The van der Waals surface area contributed by atoms with E-state index in [0.29, 0.717) is 6.04 Å². The van der Waals surface area contributed by atoms with Crippen molar-refractivity contribution in [2.24, 2.45) is 5.73 Å². The second-order valence-electron chi connectivity index (χ2n) is 4.73. The lowest BCUT2D eigenvalue weighted by Crippen LogP contribution is -2.53. The lowest BCUT2D eigenvalue weighted by molar-refractivity contribution is 0.242. The third kappa shape index (κ3) is 2.69. The highest BCUT2D eigenvalue weighted by atomic mass is 15.2. The summed E-state index contributed by atoms with van der Waals surface area (Å²) in [7, 11) is 0. The zero-order valence-corrected chi connectivity index (χ0v) is 9.84. The van der Waals surface area contributed by atoms with Crippen LogP contribution in [0.25, 0.3) is 0 Å². The highest BCUT2D eigenvalue weighted by molar-refractivity contribution is 4.98. The van der Waals surface area contributed by atoms with Crippen molar-refractivity contribution in [3.05, 3.63) is 0 Å². The molecule has 1 heterocycles. The largest absolute Gasteiger partial charge is 0.329 e. The van der Waals surface area contributed by atoms with E-state index in [1.807, 2.05) is 0 Å². The molecule has 1 fully saturated rings. The summed E-state index contributed by atoms with van der Waals surface area (Å²) in [6, 6.07) is 0.645.